The number of aliphatic hydroxyl groups excluding tert-OH is 2. The number of aliphatic hydroxyl groups is 2. The molecule has 0 radical (unpaired) electrons. The van der Waals surface area contributed by atoms with Gasteiger partial charge >= 0.3 is 29.2 Å². The predicted molar refractivity (Wildman–Crippen MR) is 101 cm³/mol. The Labute approximate surface area is 181 Å². The van der Waals surface area contributed by atoms with Gasteiger partial charge in [0.1, 0.15) is 24.0 Å². The number of imidazole rings is 1. The molecule has 1 aliphatic rings. The number of nitrogens with zero attached hydrogens (tertiary/aromatic N) is 2. The lowest BCUT2D eigenvalue weighted by molar-refractivity contribution is -0.131. The summed E-state index contributed by atoms with van der Waals surface area (Å²) in [6.45, 7) is 0.160. The lowest BCUT2D eigenvalue weighted by atomic mass is 10.0. The van der Waals surface area contributed by atoms with E-state index in [1.807, 2.05) is 4.98 Å². The van der Waals surface area contributed by atoms with E-state index in [-0.39, 0.29) is 11.2 Å². The van der Waals surface area contributed by atoms with Gasteiger partial charge in [0.25, 0.3) is 5.56 Å². The van der Waals surface area contributed by atoms with Gasteiger partial charge in [0, 0.05) is 0 Å². The van der Waals surface area contributed by atoms with Crippen molar-refractivity contribution in [1.82, 2.24) is 19.5 Å². The number of hydrogen-bond donors (Lipinski definition) is 8. The second kappa shape index (κ2) is 8.58. The molecule has 6 atom stereocenters. The van der Waals surface area contributed by atoms with Gasteiger partial charge in [0.2, 0.25) is 0 Å². The van der Waals surface area contributed by atoms with Crippen LogP contribution in [0, 0.1) is 0 Å². The SMILES string of the molecule is C[C@@]1(n2cnc3c(=O)[nH]c(=O)[nH]c32)O[C@H](COP(=O)(O)OP(=O)(O)OP(=O)(O)O)[C@@H](O)[C@H]1O. The fourth-order valence-electron chi connectivity index (χ4n) is 3.04. The monoisotopic (exact) mass is 538 g/mol. The van der Waals surface area contributed by atoms with Crippen LogP contribution in [0.25, 0.3) is 11.2 Å². The third-order valence-corrected chi connectivity index (χ3v) is 8.18. The topological polar surface area (TPSA) is 293 Å². The van der Waals surface area contributed by atoms with Gasteiger partial charge in [-0.05, 0) is 6.92 Å². The number of fused-ring (bicyclic) bond motifs is 1. The molecule has 0 aliphatic carbocycles. The summed E-state index contributed by atoms with van der Waals surface area (Å²) in [7, 11) is -16.9. The first kappa shape index (κ1) is 26.1. The highest BCUT2D eigenvalue weighted by molar-refractivity contribution is 7.66. The van der Waals surface area contributed by atoms with E-state index in [0.717, 1.165) is 10.9 Å². The molecule has 0 spiro atoms. The van der Waals surface area contributed by atoms with Crippen molar-refractivity contribution in [2.45, 2.75) is 31.0 Å². The molecular weight excluding hydrogens is 521 g/mol. The van der Waals surface area contributed by atoms with Crippen molar-refractivity contribution in [3.63, 3.8) is 0 Å². The lowest BCUT2D eigenvalue weighted by Gasteiger charge is -2.29. The van der Waals surface area contributed by atoms with Crippen LogP contribution in [-0.2, 0) is 37.3 Å². The van der Waals surface area contributed by atoms with Gasteiger partial charge in [0.05, 0.1) is 12.9 Å². The Balaban J connectivity index is 1.79. The van der Waals surface area contributed by atoms with Crippen LogP contribution in [0.15, 0.2) is 15.9 Å². The maximum Gasteiger partial charge on any atom is 0.490 e. The minimum atomic E-state index is -5.76. The number of hydrogen-bond acceptors (Lipinski definition) is 12. The average Bonchev–Trinajstić information content (AvgIpc) is 3.13. The second-order valence-corrected chi connectivity index (χ2v) is 11.2. The van der Waals surface area contributed by atoms with Crippen molar-refractivity contribution in [3.8, 4) is 0 Å². The molecule has 2 unspecified atom stereocenters. The van der Waals surface area contributed by atoms with E-state index in [0.29, 0.717) is 0 Å². The summed E-state index contributed by atoms with van der Waals surface area (Å²) in [6.07, 6.45) is -4.18. The van der Waals surface area contributed by atoms with Gasteiger partial charge in [-0.25, -0.2) is 23.5 Å². The minimum Gasteiger partial charge on any atom is -0.387 e. The molecule has 0 saturated carbocycles. The third-order valence-electron chi connectivity index (χ3n) is 4.38. The molecule has 33 heavy (non-hydrogen) atoms. The maximum atomic E-state index is 11.9. The number of aromatic amines is 2. The van der Waals surface area contributed by atoms with E-state index in [4.69, 9.17) is 19.4 Å². The van der Waals surface area contributed by atoms with Gasteiger partial charge in [-0.1, -0.05) is 0 Å². The van der Waals surface area contributed by atoms with Crippen molar-refractivity contribution in [2.24, 2.45) is 0 Å². The summed E-state index contributed by atoms with van der Waals surface area (Å²) in [5.74, 6) is 0. The fraction of sp³-hybridized carbons (Fsp3) is 0.545. The van der Waals surface area contributed by atoms with Gasteiger partial charge < -0.3 is 34.5 Å². The van der Waals surface area contributed by atoms with Crippen molar-refractivity contribution in [3.05, 3.63) is 27.2 Å². The van der Waals surface area contributed by atoms with Crippen molar-refractivity contribution in [1.29, 1.82) is 0 Å². The maximum absolute atomic E-state index is 11.9. The first-order valence-electron chi connectivity index (χ1n) is 8.46. The van der Waals surface area contributed by atoms with Crippen LogP contribution in [0.5, 0.6) is 0 Å². The largest absolute Gasteiger partial charge is 0.490 e. The summed E-state index contributed by atoms with van der Waals surface area (Å²) in [5.41, 5.74) is -4.10. The quantitative estimate of drug-likeness (QED) is 0.162. The Morgan fingerprint density at radius 2 is 1.76 bits per heavy atom. The van der Waals surface area contributed by atoms with Gasteiger partial charge in [-0.15, -0.1) is 0 Å². The molecule has 8 N–H and O–H groups in total. The van der Waals surface area contributed by atoms with Crippen molar-refractivity contribution >= 4 is 34.6 Å². The number of ether oxygens (including phenoxy) is 1. The molecular formula is C11H17N4O15P3. The zero-order valence-electron chi connectivity index (χ0n) is 16.1. The summed E-state index contributed by atoms with van der Waals surface area (Å²) in [6, 6.07) is 0. The zero-order valence-corrected chi connectivity index (χ0v) is 18.8. The normalized spacial score (nSPS) is 29.7. The smallest absolute Gasteiger partial charge is 0.387 e. The molecule has 3 rings (SSSR count). The third kappa shape index (κ3) is 5.58. The predicted octanol–water partition coefficient (Wildman–Crippen LogP) is -2.45. The highest BCUT2D eigenvalue weighted by Gasteiger charge is 2.54. The summed E-state index contributed by atoms with van der Waals surface area (Å²) < 4.78 is 51.9. The Morgan fingerprint density at radius 1 is 1.12 bits per heavy atom. The highest BCUT2D eigenvalue weighted by Crippen LogP contribution is 2.66. The minimum absolute atomic E-state index is 0.189. The van der Waals surface area contributed by atoms with Crippen molar-refractivity contribution < 1.29 is 61.4 Å². The lowest BCUT2D eigenvalue weighted by Crippen LogP contribution is -2.43. The Kier molecular flexibility index (Phi) is 6.78. The van der Waals surface area contributed by atoms with Crippen LogP contribution >= 0.6 is 23.5 Å². The van der Waals surface area contributed by atoms with Crippen LogP contribution in [0.3, 0.4) is 0 Å². The van der Waals surface area contributed by atoms with Crippen LogP contribution in [0.1, 0.15) is 6.92 Å². The molecule has 3 heterocycles. The van der Waals surface area contributed by atoms with E-state index in [1.165, 1.54) is 6.92 Å². The van der Waals surface area contributed by atoms with Crippen LogP contribution in [0.4, 0.5) is 0 Å². The molecule has 0 bridgehead atoms. The molecule has 22 heteroatoms. The number of phosphoric acid groups is 3. The van der Waals surface area contributed by atoms with Gasteiger partial charge in [-0.3, -0.25) is 23.9 Å². The number of H-pyrrole nitrogens is 2. The number of aromatic nitrogens is 4. The summed E-state index contributed by atoms with van der Waals surface area (Å²) in [4.78, 5) is 67.1. The van der Waals surface area contributed by atoms with Gasteiger partial charge in [0.15, 0.2) is 11.2 Å². The van der Waals surface area contributed by atoms with Crippen LogP contribution < -0.4 is 11.2 Å². The molecule has 1 fully saturated rings. The Bertz CT molecular complexity index is 1310. The van der Waals surface area contributed by atoms with E-state index < -0.39 is 65.4 Å². The molecule has 2 aromatic rings. The molecule has 2 aromatic heterocycles. The molecule has 19 nitrogen and oxygen atoms in total. The van der Waals surface area contributed by atoms with Crippen LogP contribution in [0.2, 0.25) is 0 Å². The highest BCUT2D eigenvalue weighted by atomic mass is 31.3. The van der Waals surface area contributed by atoms with Gasteiger partial charge in [-0.2, -0.15) is 8.62 Å². The zero-order chi connectivity index (χ0) is 25.0. The van der Waals surface area contributed by atoms with E-state index >= 15 is 0 Å². The summed E-state index contributed by atoms with van der Waals surface area (Å²) in [5, 5.41) is 20.8. The second-order valence-electron chi connectivity index (χ2n) is 6.75. The average molecular weight is 538 g/mol. The first-order chi connectivity index (χ1) is 14.9. The summed E-state index contributed by atoms with van der Waals surface area (Å²) >= 11 is 0. The number of phosphoric ester groups is 1. The van der Waals surface area contributed by atoms with E-state index in [1.54, 1.807) is 0 Å². The molecule has 0 amide bonds. The van der Waals surface area contributed by atoms with Crippen molar-refractivity contribution in [2.75, 3.05) is 6.61 Å². The Hall–Kier alpha value is -1.56. The molecule has 0 aromatic carbocycles. The van der Waals surface area contributed by atoms with E-state index in [9.17, 15) is 38.4 Å². The fourth-order valence-corrected chi connectivity index (χ4v) is 6.07. The molecule has 186 valence electrons. The van der Waals surface area contributed by atoms with Crippen LogP contribution in [-0.4, -0.2) is 74.2 Å². The molecule has 1 aliphatic heterocycles. The number of nitrogens with one attached hydrogen (secondary N) is 2. The molecule has 1 saturated heterocycles. The standard InChI is InChI=1S/C11H17N4O15P3/c1-11(15-3-12-5-8(15)13-10(19)14-9(5)18)7(17)6(16)4(28-11)2-27-32(23,24)30-33(25,26)29-31(20,21)22/h3-4,6-7,16-17H,2H2,1H3,(H,23,24)(H,25,26)(H2,20,21,22)(H2,13,14,18,19)/t4-,6-,7-,11-/m1/s1. The Morgan fingerprint density at radius 3 is 2.36 bits per heavy atom. The number of rotatable bonds is 8. The first-order valence-corrected chi connectivity index (χ1v) is 13.0. The van der Waals surface area contributed by atoms with E-state index in [2.05, 4.69) is 23.1 Å².